The molecule has 0 amide bonds. The molecule has 0 aliphatic carbocycles. The van der Waals surface area contributed by atoms with Gasteiger partial charge in [0.1, 0.15) is 0 Å². The number of hydrogen-bond donors (Lipinski definition) is 0. The molecule has 4 aromatic rings. The number of halogens is 2. The Morgan fingerprint density at radius 3 is 1.28 bits per heavy atom. The van der Waals surface area contributed by atoms with E-state index < -0.39 is 0 Å². The van der Waals surface area contributed by atoms with Crippen molar-refractivity contribution in [2.45, 2.75) is 25.7 Å². The largest absolute Gasteiger partial charge is 0.294 e. The van der Waals surface area contributed by atoms with E-state index in [0.29, 0.717) is 12.8 Å². The third-order valence-corrected chi connectivity index (χ3v) is 6.67. The predicted octanol–water partition coefficient (Wildman–Crippen LogP) is 8.14. The van der Waals surface area contributed by atoms with Gasteiger partial charge in [0.05, 0.1) is 0 Å². The van der Waals surface area contributed by atoms with Gasteiger partial charge >= 0.3 is 0 Å². The number of Topliss-reactive ketones (excluding diaryl/α,β-unsaturated/α-hetero) is 2. The smallest absolute Gasteiger partial charge is 0.167 e. The topological polar surface area (TPSA) is 34.1 Å². The summed E-state index contributed by atoms with van der Waals surface area (Å²) in [5, 5.41) is 0.949. The van der Waals surface area contributed by atoms with Crippen LogP contribution in [0.2, 0.25) is 0 Å². The van der Waals surface area contributed by atoms with Crippen molar-refractivity contribution in [1.82, 2.24) is 0 Å². The van der Waals surface area contributed by atoms with Crippen LogP contribution in [-0.2, 0) is 25.7 Å². The van der Waals surface area contributed by atoms with Crippen LogP contribution in [0.3, 0.4) is 0 Å². The van der Waals surface area contributed by atoms with Crippen molar-refractivity contribution in [3.05, 3.63) is 143 Å². The lowest BCUT2D eigenvalue weighted by Gasteiger charge is -2.03. The third kappa shape index (κ3) is 9.47. The van der Waals surface area contributed by atoms with Crippen LogP contribution >= 0.6 is 38.5 Å². The number of hydrogen-bond acceptors (Lipinski definition) is 2. The second-order valence-corrected chi connectivity index (χ2v) is 10.3. The average molecular weight is 653 g/mol. The molecular formula is C32H30BrIO2. The fraction of sp³-hybridized carbons (Fsp3) is 0.188. The number of alkyl halides is 2. The Balaban J connectivity index is 0.000000201. The summed E-state index contributed by atoms with van der Waals surface area (Å²) in [4.78, 5) is 24.2. The lowest BCUT2D eigenvalue weighted by atomic mass is 10.0. The fourth-order valence-corrected chi connectivity index (χ4v) is 4.78. The molecular weight excluding hydrogens is 623 g/mol. The third-order valence-electron chi connectivity index (χ3n) is 5.73. The first kappa shape index (κ1) is 28.0. The van der Waals surface area contributed by atoms with E-state index in [0.717, 1.165) is 44.9 Å². The van der Waals surface area contributed by atoms with E-state index in [1.54, 1.807) is 0 Å². The molecule has 0 saturated heterocycles. The van der Waals surface area contributed by atoms with Gasteiger partial charge in [-0.3, -0.25) is 9.59 Å². The van der Waals surface area contributed by atoms with Crippen LogP contribution < -0.4 is 0 Å². The van der Waals surface area contributed by atoms with Crippen molar-refractivity contribution in [2.24, 2.45) is 0 Å². The number of ketones is 2. The van der Waals surface area contributed by atoms with Crippen LogP contribution in [0.1, 0.15) is 43.0 Å². The zero-order valence-corrected chi connectivity index (χ0v) is 24.0. The van der Waals surface area contributed by atoms with Crippen LogP contribution in [0.15, 0.2) is 109 Å². The highest BCUT2D eigenvalue weighted by Gasteiger charge is 2.07. The van der Waals surface area contributed by atoms with Gasteiger partial charge in [-0.1, -0.05) is 148 Å². The molecule has 0 bridgehead atoms. The van der Waals surface area contributed by atoms with E-state index in [9.17, 15) is 9.59 Å². The summed E-state index contributed by atoms with van der Waals surface area (Å²) in [7, 11) is 0. The molecule has 0 spiro atoms. The Morgan fingerprint density at radius 2 is 0.917 bits per heavy atom. The summed E-state index contributed by atoms with van der Waals surface area (Å²) < 4.78 is 1.11. The van der Waals surface area contributed by atoms with E-state index in [1.807, 2.05) is 97.1 Å². The van der Waals surface area contributed by atoms with Crippen molar-refractivity contribution in [2.75, 3.05) is 9.76 Å². The van der Waals surface area contributed by atoms with Gasteiger partial charge in [-0.25, -0.2) is 0 Å². The molecule has 0 atom stereocenters. The number of rotatable bonds is 10. The van der Waals surface area contributed by atoms with Gasteiger partial charge in [0.2, 0.25) is 0 Å². The van der Waals surface area contributed by atoms with Crippen LogP contribution in [0.5, 0.6) is 0 Å². The number of carbonyl (C=O) groups is 2. The van der Waals surface area contributed by atoms with Gasteiger partial charge < -0.3 is 0 Å². The molecule has 0 aliphatic heterocycles. The Labute approximate surface area is 236 Å². The van der Waals surface area contributed by atoms with E-state index >= 15 is 0 Å². The predicted molar refractivity (Wildman–Crippen MR) is 162 cm³/mol. The number of aryl methyl sites for hydroxylation is 2. The van der Waals surface area contributed by atoms with Gasteiger partial charge in [0.15, 0.2) is 11.6 Å². The first-order chi connectivity index (χ1) is 17.6. The molecule has 0 fully saturated rings. The molecule has 0 N–H and O–H groups in total. The molecule has 184 valence electrons. The fourth-order valence-electron chi connectivity index (χ4n) is 3.70. The van der Waals surface area contributed by atoms with Crippen LogP contribution in [-0.4, -0.2) is 21.3 Å². The highest BCUT2D eigenvalue weighted by molar-refractivity contribution is 14.1. The quantitative estimate of drug-likeness (QED) is 0.0985. The number of carbonyl (C=O) groups excluding carboxylic acids is 2. The maximum atomic E-state index is 12.1. The molecule has 0 unspecified atom stereocenters. The molecule has 0 aromatic heterocycles. The Morgan fingerprint density at radius 1 is 0.528 bits per heavy atom. The van der Waals surface area contributed by atoms with Gasteiger partial charge in [0, 0.05) is 33.7 Å². The second kappa shape index (κ2) is 15.5. The minimum absolute atomic E-state index is 0.173. The summed E-state index contributed by atoms with van der Waals surface area (Å²) in [6.45, 7) is 0. The SMILES string of the molecule is O=C(Cc1ccccc1)c1ccc(CCBr)cc1.O=C(Cc1ccccc1)c1ccc(CCI)cc1. The van der Waals surface area contributed by atoms with Gasteiger partial charge in [0.25, 0.3) is 0 Å². The highest BCUT2D eigenvalue weighted by Crippen LogP contribution is 2.12. The van der Waals surface area contributed by atoms with Crippen molar-refractivity contribution in [3.8, 4) is 0 Å². The molecule has 36 heavy (non-hydrogen) atoms. The van der Waals surface area contributed by atoms with Crippen molar-refractivity contribution in [1.29, 1.82) is 0 Å². The Bertz CT molecular complexity index is 1110. The lowest BCUT2D eigenvalue weighted by Crippen LogP contribution is -2.03. The maximum Gasteiger partial charge on any atom is 0.167 e. The van der Waals surface area contributed by atoms with Crippen LogP contribution in [0.4, 0.5) is 0 Å². The Hall–Kier alpha value is -2.57. The molecule has 0 saturated carbocycles. The zero-order chi connectivity index (χ0) is 25.6. The first-order valence-corrected chi connectivity index (χ1v) is 14.7. The number of benzene rings is 4. The normalized spacial score (nSPS) is 10.3. The van der Waals surface area contributed by atoms with Crippen LogP contribution in [0.25, 0.3) is 0 Å². The van der Waals surface area contributed by atoms with Crippen molar-refractivity contribution in [3.63, 3.8) is 0 Å². The Kier molecular flexibility index (Phi) is 12.1. The van der Waals surface area contributed by atoms with Gasteiger partial charge in [-0.15, -0.1) is 0 Å². The minimum atomic E-state index is 0.173. The molecule has 4 heteroatoms. The summed E-state index contributed by atoms with van der Waals surface area (Å²) in [5.41, 5.74) is 6.27. The highest BCUT2D eigenvalue weighted by atomic mass is 127. The monoisotopic (exact) mass is 652 g/mol. The molecule has 0 radical (unpaired) electrons. The summed E-state index contributed by atoms with van der Waals surface area (Å²) in [6.07, 6.45) is 3.01. The summed E-state index contributed by atoms with van der Waals surface area (Å²) >= 11 is 5.77. The lowest BCUT2D eigenvalue weighted by molar-refractivity contribution is 0.0984. The second-order valence-electron chi connectivity index (χ2n) is 8.44. The first-order valence-electron chi connectivity index (χ1n) is 12.0. The molecule has 2 nitrogen and oxygen atoms in total. The minimum Gasteiger partial charge on any atom is -0.294 e. The van der Waals surface area contributed by atoms with Crippen molar-refractivity contribution >= 4 is 50.1 Å². The van der Waals surface area contributed by atoms with E-state index in [4.69, 9.17) is 0 Å². The standard InChI is InChI=1S/C16H15BrO.C16H15IO/c2*17-11-10-13-6-8-15(9-7-13)16(18)12-14-4-2-1-3-5-14/h2*1-9H,10-12H2. The molecule has 4 rings (SSSR count). The van der Waals surface area contributed by atoms with Gasteiger partial charge in [-0.05, 0) is 35.1 Å². The summed E-state index contributed by atoms with van der Waals surface area (Å²) in [5.74, 6) is 0.355. The van der Waals surface area contributed by atoms with Crippen molar-refractivity contribution < 1.29 is 9.59 Å². The maximum absolute atomic E-state index is 12.1. The zero-order valence-electron chi connectivity index (χ0n) is 20.2. The van der Waals surface area contributed by atoms with E-state index in [-0.39, 0.29) is 11.6 Å². The molecule has 0 aliphatic rings. The van der Waals surface area contributed by atoms with E-state index in [2.05, 4.69) is 50.7 Å². The van der Waals surface area contributed by atoms with E-state index in [1.165, 1.54) is 11.1 Å². The summed E-state index contributed by atoms with van der Waals surface area (Å²) in [6, 6.07) is 35.6. The molecule has 0 heterocycles. The van der Waals surface area contributed by atoms with Crippen LogP contribution in [0, 0.1) is 0 Å². The molecule has 4 aromatic carbocycles. The van der Waals surface area contributed by atoms with Gasteiger partial charge in [-0.2, -0.15) is 0 Å². The average Bonchev–Trinajstić information content (AvgIpc) is 2.91.